The van der Waals surface area contributed by atoms with Gasteiger partial charge in [0.2, 0.25) is 0 Å². The van der Waals surface area contributed by atoms with Crippen LogP contribution in [0.2, 0.25) is 0 Å². The number of hydrazine groups is 2. The molecule has 0 aromatic carbocycles. The SMILES string of the molecule is CC(=O)C(C(=O)NN)C(=O)NN. The molecule has 0 aliphatic carbocycles. The maximum atomic E-state index is 10.8. The van der Waals surface area contributed by atoms with Gasteiger partial charge in [-0.3, -0.25) is 25.2 Å². The minimum Gasteiger partial charge on any atom is -0.299 e. The van der Waals surface area contributed by atoms with Crippen molar-refractivity contribution in [2.45, 2.75) is 6.92 Å². The number of hydrogen-bond acceptors (Lipinski definition) is 5. The molecule has 0 heterocycles. The van der Waals surface area contributed by atoms with Crippen LogP contribution in [0.1, 0.15) is 6.92 Å². The van der Waals surface area contributed by atoms with Gasteiger partial charge in [-0.1, -0.05) is 0 Å². The van der Waals surface area contributed by atoms with Gasteiger partial charge in [-0.05, 0) is 6.92 Å². The molecule has 0 aliphatic heterocycles. The Kier molecular flexibility index (Phi) is 3.88. The summed E-state index contributed by atoms with van der Waals surface area (Å²) in [6.07, 6.45) is 0. The van der Waals surface area contributed by atoms with Crippen molar-refractivity contribution in [1.29, 1.82) is 0 Å². The molecule has 0 aromatic heterocycles. The molecule has 0 radical (unpaired) electrons. The van der Waals surface area contributed by atoms with E-state index in [1.54, 1.807) is 10.9 Å². The van der Waals surface area contributed by atoms with Crippen LogP contribution in [0.25, 0.3) is 0 Å². The summed E-state index contributed by atoms with van der Waals surface area (Å²) in [4.78, 5) is 32.3. The number of ketones is 1. The fourth-order valence-corrected chi connectivity index (χ4v) is 0.655. The van der Waals surface area contributed by atoms with Gasteiger partial charge >= 0.3 is 0 Å². The van der Waals surface area contributed by atoms with Gasteiger partial charge in [0, 0.05) is 0 Å². The normalized spacial score (nSPS) is 9.33. The highest BCUT2D eigenvalue weighted by Gasteiger charge is 2.29. The monoisotopic (exact) mass is 174 g/mol. The van der Waals surface area contributed by atoms with Crippen molar-refractivity contribution in [1.82, 2.24) is 10.9 Å². The second-order valence-corrected chi connectivity index (χ2v) is 2.06. The molecule has 0 rings (SSSR count). The topological polar surface area (TPSA) is 127 Å². The fourth-order valence-electron chi connectivity index (χ4n) is 0.655. The molecule has 0 saturated heterocycles. The number of hydrogen-bond donors (Lipinski definition) is 4. The molecule has 0 fully saturated rings. The standard InChI is InChI=1S/C5H10N4O3/c1-2(10)3(4(11)8-6)5(12)9-7/h3H,6-7H2,1H3,(H,8,11)(H,9,12). The molecule has 2 amide bonds. The summed E-state index contributed by atoms with van der Waals surface area (Å²) in [6, 6.07) is 0. The van der Waals surface area contributed by atoms with Crippen LogP contribution in [-0.2, 0) is 14.4 Å². The average molecular weight is 174 g/mol. The van der Waals surface area contributed by atoms with Gasteiger partial charge in [-0.2, -0.15) is 0 Å². The Hall–Kier alpha value is -1.47. The Morgan fingerprint density at radius 2 is 1.42 bits per heavy atom. The molecular weight excluding hydrogens is 164 g/mol. The Bertz CT molecular complexity index is 199. The number of nitrogens with one attached hydrogen (secondary N) is 2. The molecule has 0 atom stereocenters. The summed E-state index contributed by atoms with van der Waals surface area (Å²) >= 11 is 0. The lowest BCUT2D eigenvalue weighted by Gasteiger charge is -2.08. The van der Waals surface area contributed by atoms with Crippen molar-refractivity contribution in [3.05, 3.63) is 0 Å². The molecule has 68 valence electrons. The van der Waals surface area contributed by atoms with Crippen LogP contribution in [0.3, 0.4) is 0 Å². The summed E-state index contributed by atoms with van der Waals surface area (Å²) in [6.45, 7) is 1.09. The van der Waals surface area contributed by atoms with E-state index in [0.29, 0.717) is 0 Å². The zero-order valence-electron chi connectivity index (χ0n) is 6.46. The number of carbonyl (C=O) groups is 3. The number of nitrogens with two attached hydrogens (primary N) is 2. The predicted molar refractivity (Wildman–Crippen MR) is 38.8 cm³/mol. The molecule has 12 heavy (non-hydrogen) atoms. The lowest BCUT2D eigenvalue weighted by Crippen LogP contribution is -2.48. The van der Waals surface area contributed by atoms with Crippen LogP contribution in [-0.4, -0.2) is 17.6 Å². The van der Waals surface area contributed by atoms with E-state index in [2.05, 4.69) is 0 Å². The summed E-state index contributed by atoms with van der Waals surface area (Å²) in [5, 5.41) is 0. The maximum absolute atomic E-state index is 10.8. The molecule has 0 bridgehead atoms. The fraction of sp³-hybridized carbons (Fsp3) is 0.400. The van der Waals surface area contributed by atoms with E-state index in [4.69, 9.17) is 11.7 Å². The van der Waals surface area contributed by atoms with E-state index in [-0.39, 0.29) is 0 Å². The largest absolute Gasteiger partial charge is 0.299 e. The highest BCUT2D eigenvalue weighted by Crippen LogP contribution is 1.97. The van der Waals surface area contributed by atoms with Crippen LogP contribution in [0, 0.1) is 5.92 Å². The zero-order valence-corrected chi connectivity index (χ0v) is 6.46. The van der Waals surface area contributed by atoms with Gasteiger partial charge in [0.05, 0.1) is 0 Å². The van der Waals surface area contributed by atoms with Crippen LogP contribution in [0.4, 0.5) is 0 Å². The molecule has 0 saturated carbocycles. The van der Waals surface area contributed by atoms with Crippen LogP contribution >= 0.6 is 0 Å². The second kappa shape index (κ2) is 4.42. The van der Waals surface area contributed by atoms with E-state index in [1.165, 1.54) is 0 Å². The first-order valence-electron chi connectivity index (χ1n) is 3.06. The summed E-state index contributed by atoms with van der Waals surface area (Å²) < 4.78 is 0. The minimum atomic E-state index is -1.47. The Morgan fingerprint density at radius 1 is 1.08 bits per heavy atom. The quantitative estimate of drug-likeness (QED) is 0.159. The van der Waals surface area contributed by atoms with Gasteiger partial charge in [0.1, 0.15) is 0 Å². The molecule has 7 heteroatoms. The first-order valence-corrected chi connectivity index (χ1v) is 3.06. The van der Waals surface area contributed by atoms with Crippen molar-refractivity contribution in [2.24, 2.45) is 17.6 Å². The Balaban J connectivity index is 4.55. The summed E-state index contributed by atoms with van der Waals surface area (Å²) in [5.74, 6) is 5.60. The Morgan fingerprint density at radius 3 is 1.58 bits per heavy atom. The van der Waals surface area contributed by atoms with Crippen molar-refractivity contribution < 1.29 is 14.4 Å². The Labute approximate surface area is 68.4 Å². The highest BCUT2D eigenvalue weighted by atomic mass is 16.2. The van der Waals surface area contributed by atoms with Gasteiger partial charge in [-0.25, -0.2) is 11.7 Å². The number of Topliss-reactive ketones (excluding diaryl/α,β-unsaturated/α-hetero) is 1. The van der Waals surface area contributed by atoms with Gasteiger partial charge in [0.15, 0.2) is 11.7 Å². The van der Waals surface area contributed by atoms with E-state index in [9.17, 15) is 14.4 Å². The van der Waals surface area contributed by atoms with Crippen molar-refractivity contribution in [3.63, 3.8) is 0 Å². The third kappa shape index (κ3) is 2.29. The first kappa shape index (κ1) is 10.5. The third-order valence-electron chi connectivity index (χ3n) is 1.22. The number of carbonyl (C=O) groups excluding carboxylic acids is 3. The predicted octanol–water partition coefficient (Wildman–Crippen LogP) is -2.83. The summed E-state index contributed by atoms with van der Waals surface area (Å²) in [5.41, 5.74) is 3.37. The summed E-state index contributed by atoms with van der Waals surface area (Å²) in [7, 11) is 0. The van der Waals surface area contributed by atoms with E-state index in [0.717, 1.165) is 6.92 Å². The van der Waals surface area contributed by atoms with Crippen LogP contribution < -0.4 is 22.5 Å². The zero-order chi connectivity index (χ0) is 9.72. The molecule has 0 spiro atoms. The molecule has 6 N–H and O–H groups in total. The molecule has 7 nitrogen and oxygen atoms in total. The second-order valence-electron chi connectivity index (χ2n) is 2.06. The molecular formula is C5H10N4O3. The smallest absolute Gasteiger partial charge is 0.254 e. The molecule has 0 aliphatic rings. The number of rotatable bonds is 3. The van der Waals surface area contributed by atoms with Crippen molar-refractivity contribution in [2.75, 3.05) is 0 Å². The van der Waals surface area contributed by atoms with Gasteiger partial charge in [0.25, 0.3) is 11.8 Å². The van der Waals surface area contributed by atoms with Crippen LogP contribution in [0.15, 0.2) is 0 Å². The average Bonchev–Trinajstić information content (AvgIpc) is 2.03. The van der Waals surface area contributed by atoms with E-state index in [1.807, 2.05) is 0 Å². The molecule has 0 unspecified atom stereocenters. The first-order chi connectivity index (χ1) is 5.54. The highest BCUT2D eigenvalue weighted by molar-refractivity contribution is 6.17. The third-order valence-corrected chi connectivity index (χ3v) is 1.22. The molecule has 0 aromatic rings. The van der Waals surface area contributed by atoms with Crippen molar-refractivity contribution >= 4 is 17.6 Å². The van der Waals surface area contributed by atoms with E-state index < -0.39 is 23.5 Å². The lowest BCUT2D eigenvalue weighted by atomic mass is 10.0. The van der Waals surface area contributed by atoms with E-state index >= 15 is 0 Å². The van der Waals surface area contributed by atoms with Crippen LogP contribution in [0.5, 0.6) is 0 Å². The van der Waals surface area contributed by atoms with Crippen molar-refractivity contribution in [3.8, 4) is 0 Å². The van der Waals surface area contributed by atoms with Gasteiger partial charge in [-0.15, -0.1) is 0 Å². The lowest BCUT2D eigenvalue weighted by molar-refractivity contribution is -0.141. The van der Waals surface area contributed by atoms with Gasteiger partial charge < -0.3 is 0 Å². The minimum absolute atomic E-state index is 0.624. The maximum Gasteiger partial charge on any atom is 0.254 e. The number of amides is 2.